The second kappa shape index (κ2) is 8.72. The molecule has 0 aromatic heterocycles. The first-order valence-corrected chi connectivity index (χ1v) is 8.50. The van der Waals surface area contributed by atoms with E-state index in [2.05, 4.69) is 4.72 Å². The third-order valence-corrected chi connectivity index (χ3v) is 4.41. The van der Waals surface area contributed by atoms with Crippen LogP contribution in [0.25, 0.3) is 0 Å². The van der Waals surface area contributed by atoms with E-state index in [1.807, 2.05) is 0 Å². The van der Waals surface area contributed by atoms with Crippen LogP contribution in [-0.4, -0.2) is 38.7 Å². The minimum atomic E-state index is -3.78. The molecule has 0 spiro atoms. The number of sulfonamides is 1. The molecule has 1 aromatic carbocycles. The van der Waals surface area contributed by atoms with Gasteiger partial charge in [-0.25, -0.2) is 13.1 Å². The van der Waals surface area contributed by atoms with E-state index in [9.17, 15) is 13.2 Å². The molecule has 0 amide bonds. The summed E-state index contributed by atoms with van der Waals surface area (Å²) >= 11 is 0. The van der Waals surface area contributed by atoms with Crippen LogP contribution in [0.5, 0.6) is 5.75 Å². The standard InChI is InChI=1S/C14H22N2O5S/c1-11(9-14(17)18)16-22(19,20)13-6-4-5-12(10-13)21-8-3-2-7-15/h4-6,10-11,16H,2-3,7-9,15H2,1H3,(H,17,18). The molecule has 1 aromatic rings. The summed E-state index contributed by atoms with van der Waals surface area (Å²) in [6, 6.07) is 5.40. The maximum Gasteiger partial charge on any atom is 0.304 e. The van der Waals surface area contributed by atoms with Crippen LogP contribution >= 0.6 is 0 Å². The van der Waals surface area contributed by atoms with Gasteiger partial charge < -0.3 is 15.6 Å². The zero-order chi connectivity index (χ0) is 16.6. The van der Waals surface area contributed by atoms with Gasteiger partial charge in [0.25, 0.3) is 0 Å². The highest BCUT2D eigenvalue weighted by Gasteiger charge is 2.19. The molecule has 22 heavy (non-hydrogen) atoms. The maximum atomic E-state index is 12.2. The van der Waals surface area contributed by atoms with Crippen molar-refractivity contribution in [3.63, 3.8) is 0 Å². The fourth-order valence-electron chi connectivity index (χ4n) is 1.80. The van der Waals surface area contributed by atoms with Crippen LogP contribution in [0.1, 0.15) is 26.2 Å². The number of benzene rings is 1. The SMILES string of the molecule is CC(CC(=O)O)NS(=O)(=O)c1cccc(OCCCCN)c1. The van der Waals surface area contributed by atoms with E-state index in [4.69, 9.17) is 15.6 Å². The topological polar surface area (TPSA) is 119 Å². The summed E-state index contributed by atoms with van der Waals surface area (Å²) < 4.78 is 32.2. The smallest absolute Gasteiger partial charge is 0.304 e. The number of carboxylic acid groups (broad SMARTS) is 1. The van der Waals surface area contributed by atoms with Gasteiger partial charge in [-0.2, -0.15) is 0 Å². The summed E-state index contributed by atoms with van der Waals surface area (Å²) in [5.41, 5.74) is 5.39. The predicted molar refractivity (Wildman–Crippen MR) is 82.3 cm³/mol. The molecule has 1 atom stereocenters. The first-order valence-electron chi connectivity index (χ1n) is 7.02. The molecule has 0 aliphatic rings. The highest BCUT2D eigenvalue weighted by atomic mass is 32.2. The van der Waals surface area contributed by atoms with Crippen LogP contribution in [-0.2, 0) is 14.8 Å². The molecule has 8 heteroatoms. The molecule has 0 saturated carbocycles. The fraction of sp³-hybridized carbons (Fsp3) is 0.500. The monoisotopic (exact) mass is 330 g/mol. The van der Waals surface area contributed by atoms with Crippen molar-refractivity contribution in [2.45, 2.75) is 37.1 Å². The Morgan fingerprint density at radius 2 is 2.14 bits per heavy atom. The van der Waals surface area contributed by atoms with Gasteiger partial charge in [-0.3, -0.25) is 4.79 Å². The molecule has 0 aliphatic heterocycles. The Morgan fingerprint density at radius 3 is 2.77 bits per heavy atom. The normalized spacial score (nSPS) is 12.8. The molecule has 0 saturated heterocycles. The Hall–Kier alpha value is -1.64. The third-order valence-electron chi connectivity index (χ3n) is 2.82. The minimum Gasteiger partial charge on any atom is -0.494 e. The number of hydrogen-bond acceptors (Lipinski definition) is 5. The van der Waals surface area contributed by atoms with Gasteiger partial charge in [-0.15, -0.1) is 0 Å². The molecule has 4 N–H and O–H groups in total. The second-order valence-corrected chi connectivity index (χ2v) is 6.65. The minimum absolute atomic E-state index is 0.0427. The first-order chi connectivity index (χ1) is 10.3. The van der Waals surface area contributed by atoms with Crippen molar-refractivity contribution in [2.75, 3.05) is 13.2 Å². The molecule has 0 aliphatic carbocycles. The lowest BCUT2D eigenvalue weighted by atomic mass is 10.3. The average molecular weight is 330 g/mol. The lowest BCUT2D eigenvalue weighted by Gasteiger charge is -2.13. The molecule has 7 nitrogen and oxygen atoms in total. The van der Waals surface area contributed by atoms with Crippen molar-refractivity contribution in [3.05, 3.63) is 24.3 Å². The van der Waals surface area contributed by atoms with Gasteiger partial charge in [0.2, 0.25) is 10.0 Å². The number of ether oxygens (including phenoxy) is 1. The summed E-state index contributed by atoms with van der Waals surface area (Å²) in [4.78, 5) is 10.6. The highest BCUT2D eigenvalue weighted by molar-refractivity contribution is 7.89. The van der Waals surface area contributed by atoms with Crippen molar-refractivity contribution in [1.82, 2.24) is 4.72 Å². The highest BCUT2D eigenvalue weighted by Crippen LogP contribution is 2.18. The van der Waals surface area contributed by atoms with Crippen molar-refractivity contribution in [1.29, 1.82) is 0 Å². The zero-order valence-corrected chi connectivity index (χ0v) is 13.3. The number of unbranched alkanes of at least 4 members (excludes halogenated alkanes) is 1. The number of carboxylic acids is 1. The third kappa shape index (κ3) is 6.42. The number of hydrogen-bond donors (Lipinski definition) is 3. The molecule has 0 fully saturated rings. The summed E-state index contributed by atoms with van der Waals surface area (Å²) in [5.74, 6) is -0.613. The van der Waals surface area contributed by atoms with E-state index in [1.165, 1.54) is 19.1 Å². The Morgan fingerprint density at radius 1 is 1.41 bits per heavy atom. The largest absolute Gasteiger partial charge is 0.494 e. The lowest BCUT2D eigenvalue weighted by molar-refractivity contribution is -0.137. The van der Waals surface area contributed by atoms with Gasteiger partial charge >= 0.3 is 5.97 Å². The first kappa shape index (κ1) is 18.4. The Labute approximate surface area is 130 Å². The van der Waals surface area contributed by atoms with Gasteiger partial charge in [0.1, 0.15) is 5.75 Å². The van der Waals surface area contributed by atoms with Crippen LogP contribution in [0.15, 0.2) is 29.2 Å². The van der Waals surface area contributed by atoms with E-state index >= 15 is 0 Å². The van der Waals surface area contributed by atoms with E-state index in [1.54, 1.807) is 12.1 Å². The number of nitrogens with one attached hydrogen (secondary N) is 1. The van der Waals surface area contributed by atoms with Crippen LogP contribution in [0.3, 0.4) is 0 Å². The Balaban J connectivity index is 2.72. The molecular formula is C14H22N2O5S. The van der Waals surface area contributed by atoms with E-state index < -0.39 is 22.0 Å². The van der Waals surface area contributed by atoms with E-state index in [0.717, 1.165) is 12.8 Å². The predicted octanol–water partition coefficient (Wildman–Crippen LogP) is 0.946. The maximum absolute atomic E-state index is 12.2. The summed E-state index contributed by atoms with van der Waals surface area (Å²) in [6.45, 7) is 2.55. The van der Waals surface area contributed by atoms with Crippen LogP contribution < -0.4 is 15.2 Å². The Kier molecular flexibility index (Phi) is 7.30. The molecule has 1 rings (SSSR count). The van der Waals surface area contributed by atoms with Crippen molar-refractivity contribution in [3.8, 4) is 5.75 Å². The van der Waals surface area contributed by atoms with Gasteiger partial charge in [0, 0.05) is 12.1 Å². The van der Waals surface area contributed by atoms with Gasteiger partial charge in [0.15, 0.2) is 0 Å². The number of nitrogens with two attached hydrogens (primary N) is 1. The van der Waals surface area contributed by atoms with E-state index in [-0.39, 0.29) is 11.3 Å². The molecule has 0 radical (unpaired) electrons. The quantitative estimate of drug-likeness (QED) is 0.550. The number of carbonyl (C=O) groups is 1. The van der Waals surface area contributed by atoms with Gasteiger partial charge in [-0.1, -0.05) is 6.07 Å². The van der Waals surface area contributed by atoms with Crippen LogP contribution in [0, 0.1) is 0 Å². The van der Waals surface area contributed by atoms with Gasteiger partial charge in [0.05, 0.1) is 17.9 Å². The summed E-state index contributed by atoms with van der Waals surface area (Å²) in [6.07, 6.45) is 1.35. The zero-order valence-electron chi connectivity index (χ0n) is 12.5. The van der Waals surface area contributed by atoms with Gasteiger partial charge in [-0.05, 0) is 38.4 Å². The number of rotatable bonds is 10. The molecule has 124 valence electrons. The van der Waals surface area contributed by atoms with Crippen LogP contribution in [0.4, 0.5) is 0 Å². The van der Waals surface area contributed by atoms with Crippen molar-refractivity contribution < 1.29 is 23.1 Å². The second-order valence-electron chi connectivity index (χ2n) is 4.94. The van der Waals surface area contributed by atoms with Crippen molar-refractivity contribution >= 4 is 16.0 Å². The molecule has 0 bridgehead atoms. The van der Waals surface area contributed by atoms with Crippen LogP contribution in [0.2, 0.25) is 0 Å². The van der Waals surface area contributed by atoms with E-state index in [0.29, 0.717) is 18.9 Å². The van der Waals surface area contributed by atoms with Crippen molar-refractivity contribution in [2.24, 2.45) is 5.73 Å². The lowest BCUT2D eigenvalue weighted by Crippen LogP contribution is -2.34. The summed E-state index contributed by atoms with van der Waals surface area (Å²) in [7, 11) is -3.78. The fourth-order valence-corrected chi connectivity index (χ4v) is 3.08. The molecular weight excluding hydrogens is 308 g/mol. The molecule has 0 heterocycles. The Bertz CT molecular complexity index is 589. The number of aliphatic carboxylic acids is 1. The average Bonchev–Trinajstić information content (AvgIpc) is 2.42. The molecule has 1 unspecified atom stereocenters. The summed E-state index contributed by atoms with van der Waals surface area (Å²) in [5, 5.41) is 8.67.